The highest BCUT2D eigenvalue weighted by Crippen LogP contribution is 2.66. The second kappa shape index (κ2) is 16.0. The average molecular weight is 795 g/mol. The molecule has 11 saturated carbocycles. The number of nitrogens with zero attached hydrogens (tertiary/aromatic N) is 2. The second-order valence-corrected chi connectivity index (χ2v) is 25.6. The zero-order valence-corrected chi connectivity index (χ0v) is 38.4. The van der Waals surface area contributed by atoms with Crippen molar-refractivity contribution in [1.82, 2.24) is 9.80 Å². The number of carbonyl (C=O) groups is 1. The summed E-state index contributed by atoms with van der Waals surface area (Å²) in [5, 5.41) is 0. The number of carbonyl (C=O) groups excluding carboxylic acids is 1. The van der Waals surface area contributed by atoms with Crippen LogP contribution in [0.3, 0.4) is 0 Å². The molecule has 0 bridgehead atoms. The summed E-state index contributed by atoms with van der Waals surface area (Å²) in [7, 11) is 0. The summed E-state index contributed by atoms with van der Waals surface area (Å²) in [5.41, 5.74) is 1.04. The van der Waals surface area contributed by atoms with Crippen molar-refractivity contribution in [3.8, 4) is 0 Å². The minimum absolute atomic E-state index is 0.377. The monoisotopic (exact) mass is 795 g/mol. The molecule has 58 heavy (non-hydrogen) atoms. The van der Waals surface area contributed by atoms with Gasteiger partial charge in [-0.05, 0) is 198 Å². The van der Waals surface area contributed by atoms with E-state index in [2.05, 4.69) is 37.5 Å². The van der Waals surface area contributed by atoms with E-state index in [0.29, 0.717) is 46.6 Å². The van der Waals surface area contributed by atoms with Gasteiger partial charge in [0.25, 0.3) is 0 Å². The summed E-state index contributed by atoms with van der Waals surface area (Å²) in [5.74, 6) is 10.8. The summed E-state index contributed by atoms with van der Waals surface area (Å²) in [6.07, 6.45) is 43.3. The number of Topliss-reactive ketones (excluding diaryl/α,β-unsaturated/α-hetero) is 1. The molecule has 0 N–H and O–H groups in total. The lowest BCUT2D eigenvalue weighted by atomic mass is 9.66. The quantitative estimate of drug-likeness (QED) is 0.268. The van der Waals surface area contributed by atoms with Crippen LogP contribution in [0.1, 0.15) is 220 Å². The van der Waals surface area contributed by atoms with Gasteiger partial charge in [-0.2, -0.15) is 0 Å². The van der Waals surface area contributed by atoms with Crippen LogP contribution in [-0.2, 0) is 4.79 Å². The summed E-state index contributed by atoms with van der Waals surface area (Å²) in [4.78, 5) is 21.6. The highest BCUT2D eigenvalue weighted by molar-refractivity contribution is 5.87. The molecule has 0 aliphatic heterocycles. The second-order valence-electron chi connectivity index (χ2n) is 25.6. The van der Waals surface area contributed by atoms with Gasteiger partial charge < -0.3 is 0 Å². The van der Waals surface area contributed by atoms with Gasteiger partial charge in [-0.3, -0.25) is 14.6 Å². The van der Waals surface area contributed by atoms with Gasteiger partial charge in [-0.25, -0.2) is 0 Å². The minimum atomic E-state index is 0.377. The normalized spacial score (nSPS) is 49.2. The fourth-order valence-electron chi connectivity index (χ4n) is 20.7. The number of ketones is 1. The van der Waals surface area contributed by atoms with E-state index in [1.54, 1.807) is 0 Å². The van der Waals surface area contributed by atoms with Crippen LogP contribution in [0.4, 0.5) is 0 Å². The predicted molar refractivity (Wildman–Crippen MR) is 239 cm³/mol. The molecular formula is C55H90N2O. The molecule has 0 radical (unpaired) electrons. The molecule has 11 aliphatic rings. The highest BCUT2D eigenvalue weighted by atomic mass is 16.1. The van der Waals surface area contributed by atoms with Crippen LogP contribution >= 0.6 is 0 Å². The molecule has 0 heterocycles. The van der Waals surface area contributed by atoms with Gasteiger partial charge in [0.1, 0.15) is 5.78 Å². The Hall–Kier alpha value is -0.410. The van der Waals surface area contributed by atoms with Gasteiger partial charge >= 0.3 is 0 Å². The van der Waals surface area contributed by atoms with Crippen LogP contribution in [0, 0.1) is 81.8 Å². The van der Waals surface area contributed by atoms with E-state index >= 15 is 4.79 Å². The Morgan fingerprint density at radius 1 is 0.328 bits per heavy atom. The smallest absolute Gasteiger partial charge is 0.139 e. The fourth-order valence-corrected chi connectivity index (χ4v) is 20.7. The molecule has 0 aromatic heterocycles. The Labute approximate surface area is 357 Å². The average Bonchev–Trinajstić information content (AvgIpc) is 3.76. The van der Waals surface area contributed by atoms with E-state index in [1.165, 1.54) is 193 Å². The largest absolute Gasteiger partial charge is 0.299 e. The first-order valence-corrected chi connectivity index (χ1v) is 27.3. The van der Waals surface area contributed by atoms with Gasteiger partial charge in [0.15, 0.2) is 0 Å². The Morgan fingerprint density at radius 3 is 1.07 bits per heavy atom. The Bertz CT molecular complexity index is 1350. The highest BCUT2D eigenvalue weighted by Gasteiger charge is 2.61. The molecule has 11 rings (SSSR count). The van der Waals surface area contributed by atoms with Crippen molar-refractivity contribution in [3.63, 3.8) is 0 Å². The lowest BCUT2D eigenvalue weighted by Gasteiger charge is -2.52. The molecule has 0 amide bonds. The lowest BCUT2D eigenvalue weighted by Crippen LogP contribution is -2.55. The summed E-state index contributed by atoms with van der Waals surface area (Å²) in [6.45, 7) is 10.9. The molecule has 0 spiro atoms. The Morgan fingerprint density at radius 2 is 0.655 bits per heavy atom. The minimum Gasteiger partial charge on any atom is -0.299 e. The van der Waals surface area contributed by atoms with Crippen LogP contribution in [0.25, 0.3) is 0 Å². The molecule has 0 saturated heterocycles. The van der Waals surface area contributed by atoms with E-state index < -0.39 is 0 Å². The summed E-state index contributed by atoms with van der Waals surface area (Å²) in [6, 6.07) is 4.48. The van der Waals surface area contributed by atoms with Crippen LogP contribution < -0.4 is 0 Å². The molecule has 16 atom stereocenters. The molecule has 3 nitrogen and oxygen atoms in total. The third-order valence-corrected chi connectivity index (χ3v) is 23.0. The van der Waals surface area contributed by atoms with E-state index in [4.69, 9.17) is 0 Å². The van der Waals surface area contributed by atoms with Gasteiger partial charge in [-0.15, -0.1) is 0 Å². The molecule has 0 aromatic carbocycles. The number of rotatable bonds is 6. The first-order valence-electron chi connectivity index (χ1n) is 27.3. The maximum Gasteiger partial charge on any atom is 0.139 e. The van der Waals surface area contributed by atoms with E-state index in [9.17, 15) is 0 Å². The van der Waals surface area contributed by atoms with Crippen molar-refractivity contribution >= 4 is 5.78 Å². The van der Waals surface area contributed by atoms with Crippen LogP contribution in [0.15, 0.2) is 0 Å². The molecule has 11 aliphatic carbocycles. The van der Waals surface area contributed by atoms with Crippen molar-refractivity contribution in [2.45, 2.75) is 257 Å². The predicted octanol–water partition coefficient (Wildman–Crippen LogP) is 13.7. The van der Waals surface area contributed by atoms with Crippen molar-refractivity contribution in [2.24, 2.45) is 81.8 Å². The summed E-state index contributed by atoms with van der Waals surface area (Å²) >= 11 is 0. The number of fused-ring (bicyclic) bond motifs is 9. The third-order valence-electron chi connectivity index (χ3n) is 23.0. The number of hydrogen-bond acceptors (Lipinski definition) is 3. The standard InChI is InChI=1S/C55H90N2O/c1-54(2)49-21-13-11-19-43(49)45-29-25-39(33-51(45)54)56(35-15-7-5-8-16-35)37-23-27-41-42-28-24-38(32-48(42)53(58)47(41)31-37)57(36-17-9-6-10-18-36)40-26-30-46-44-20-12-14-22-50(44)55(3,4)52(46)34-40/h35-52H,5-34H2,1-4H3. The van der Waals surface area contributed by atoms with Gasteiger partial charge in [-0.1, -0.05) is 91.9 Å². The van der Waals surface area contributed by atoms with Crippen molar-refractivity contribution < 1.29 is 4.79 Å². The molecule has 326 valence electrons. The maximum atomic E-state index is 15.1. The van der Waals surface area contributed by atoms with E-state index in [0.717, 1.165) is 77.3 Å². The lowest BCUT2D eigenvalue weighted by molar-refractivity contribution is -0.127. The van der Waals surface area contributed by atoms with Gasteiger partial charge in [0.2, 0.25) is 0 Å². The van der Waals surface area contributed by atoms with Crippen LogP contribution in [0.2, 0.25) is 0 Å². The molecule has 16 unspecified atom stereocenters. The molecule has 3 heteroatoms. The Kier molecular flexibility index (Phi) is 11.1. The van der Waals surface area contributed by atoms with E-state index in [1.807, 2.05) is 0 Å². The van der Waals surface area contributed by atoms with Gasteiger partial charge in [0.05, 0.1) is 0 Å². The summed E-state index contributed by atoms with van der Waals surface area (Å²) < 4.78 is 0. The zero-order chi connectivity index (χ0) is 39.3. The maximum absolute atomic E-state index is 15.1. The third kappa shape index (κ3) is 6.67. The molecular weight excluding hydrogens is 705 g/mol. The first-order chi connectivity index (χ1) is 28.2. The molecule has 0 aromatic rings. The van der Waals surface area contributed by atoms with Crippen LogP contribution in [-0.4, -0.2) is 51.8 Å². The van der Waals surface area contributed by atoms with Crippen molar-refractivity contribution in [3.05, 3.63) is 0 Å². The van der Waals surface area contributed by atoms with Crippen LogP contribution in [0.5, 0.6) is 0 Å². The first kappa shape index (κ1) is 40.4. The molecule has 11 fully saturated rings. The fraction of sp³-hybridized carbons (Fsp3) is 0.982. The SMILES string of the molecule is CC1(C)C2CCCCC2C2CCC(N(C3CCCCC3)C3CCC4C(C3)C(=O)C3CC(N(C5CCCCC5)C5CCC6C7CCCCC7C(C)(C)C6C5)CCC34)CC21. The van der Waals surface area contributed by atoms with Gasteiger partial charge in [0, 0.05) is 48.1 Å². The van der Waals surface area contributed by atoms with E-state index in [-0.39, 0.29) is 0 Å². The zero-order valence-electron chi connectivity index (χ0n) is 38.4. The Balaban J connectivity index is 0.808. The van der Waals surface area contributed by atoms with Crippen molar-refractivity contribution in [2.75, 3.05) is 0 Å². The topological polar surface area (TPSA) is 23.6 Å². The number of hydrogen-bond donors (Lipinski definition) is 0. The van der Waals surface area contributed by atoms with Crippen molar-refractivity contribution in [1.29, 1.82) is 0 Å².